The summed E-state index contributed by atoms with van der Waals surface area (Å²) in [5.74, 6) is 0.775. The van der Waals surface area contributed by atoms with Gasteiger partial charge in [0.25, 0.3) is 0 Å². The minimum atomic E-state index is 0.315. The maximum absolute atomic E-state index is 11.7. The number of Topliss-reactive ketones (excluding diaryl/α,β-unsaturated/α-hetero) is 1. The Bertz CT molecular complexity index is 171. The van der Waals surface area contributed by atoms with Crippen LogP contribution in [0.5, 0.6) is 0 Å². The molecule has 2 heteroatoms. The van der Waals surface area contributed by atoms with Crippen molar-refractivity contribution in [3.63, 3.8) is 0 Å². The van der Waals surface area contributed by atoms with Crippen LogP contribution in [-0.2, 0) is 4.79 Å². The number of carbonyl (C=O) groups is 1. The Kier molecular flexibility index (Phi) is 5.54. The third-order valence-corrected chi connectivity index (χ3v) is 3.47. The molecule has 0 aromatic heterocycles. The fourth-order valence-electron chi connectivity index (χ4n) is 2.05. The van der Waals surface area contributed by atoms with Crippen molar-refractivity contribution in [3.05, 3.63) is 6.92 Å². The van der Waals surface area contributed by atoms with Crippen molar-refractivity contribution in [1.29, 1.82) is 0 Å². The van der Waals surface area contributed by atoms with Crippen molar-refractivity contribution in [2.45, 2.75) is 56.7 Å². The van der Waals surface area contributed by atoms with Crippen LogP contribution in [0.3, 0.4) is 0 Å². The summed E-state index contributed by atoms with van der Waals surface area (Å²) in [6.45, 7) is 3.78. The molecule has 0 unspecified atom stereocenters. The number of hydrogen-bond donors (Lipinski definition) is 0. The highest BCUT2D eigenvalue weighted by Gasteiger charge is 2.24. The lowest BCUT2D eigenvalue weighted by molar-refractivity contribution is -0.123. The Morgan fingerprint density at radius 3 is 2.43 bits per heavy atom. The number of alkyl halides is 1. The molecule has 0 aromatic carbocycles. The van der Waals surface area contributed by atoms with E-state index in [1.807, 2.05) is 0 Å². The average Bonchev–Trinajstić information content (AvgIpc) is 2.19. The zero-order chi connectivity index (χ0) is 10.4. The lowest BCUT2D eigenvalue weighted by Gasteiger charge is -2.23. The number of hydrogen-bond acceptors (Lipinski definition) is 1. The molecule has 14 heavy (non-hydrogen) atoms. The van der Waals surface area contributed by atoms with Crippen LogP contribution in [-0.4, -0.2) is 11.2 Å². The molecule has 1 radical (unpaired) electrons. The molecule has 1 aliphatic rings. The van der Waals surface area contributed by atoms with Gasteiger partial charge in [0.05, 0.1) is 0 Å². The van der Waals surface area contributed by atoms with Crippen LogP contribution >= 0.6 is 11.6 Å². The summed E-state index contributed by atoms with van der Waals surface area (Å²) >= 11 is 5.99. The highest BCUT2D eigenvalue weighted by Crippen LogP contribution is 2.29. The number of ketones is 1. The van der Waals surface area contributed by atoms with Gasteiger partial charge in [-0.25, -0.2) is 0 Å². The van der Waals surface area contributed by atoms with Crippen LogP contribution in [0.25, 0.3) is 0 Å². The van der Waals surface area contributed by atoms with E-state index in [-0.39, 0.29) is 0 Å². The molecule has 1 rings (SSSR count). The van der Waals surface area contributed by atoms with Crippen molar-refractivity contribution < 1.29 is 4.79 Å². The van der Waals surface area contributed by atoms with Gasteiger partial charge in [-0.3, -0.25) is 4.79 Å². The van der Waals surface area contributed by atoms with Gasteiger partial charge in [-0.15, -0.1) is 11.6 Å². The summed E-state index contributed by atoms with van der Waals surface area (Å²) in [5.41, 5.74) is 0. The number of halogens is 1. The molecule has 0 N–H and O–H groups in total. The second-order valence-corrected chi connectivity index (χ2v) is 4.84. The van der Waals surface area contributed by atoms with E-state index in [9.17, 15) is 4.79 Å². The maximum atomic E-state index is 11.7. The highest BCUT2D eigenvalue weighted by molar-refractivity contribution is 6.20. The van der Waals surface area contributed by atoms with Gasteiger partial charge in [0.2, 0.25) is 0 Å². The smallest absolute Gasteiger partial charge is 0.135 e. The Hall–Kier alpha value is -0.0400. The summed E-state index contributed by atoms with van der Waals surface area (Å²) < 4.78 is 0. The molecule has 0 saturated heterocycles. The summed E-state index contributed by atoms with van der Waals surface area (Å²) in [5, 5.41) is 0.318. The third-order valence-electron chi connectivity index (χ3n) is 3.04. The fourth-order valence-corrected chi connectivity index (χ4v) is 2.31. The molecule has 0 bridgehead atoms. The van der Waals surface area contributed by atoms with Crippen molar-refractivity contribution in [1.82, 2.24) is 0 Å². The number of rotatable bonds is 5. The Morgan fingerprint density at radius 2 is 1.86 bits per heavy atom. The monoisotopic (exact) mass is 215 g/mol. The second-order valence-electron chi connectivity index (χ2n) is 4.23. The molecule has 0 atom stereocenters. The molecule has 1 fully saturated rings. The van der Waals surface area contributed by atoms with Crippen LogP contribution in [0.4, 0.5) is 0 Å². The Balaban J connectivity index is 2.17. The minimum Gasteiger partial charge on any atom is -0.299 e. The first-order valence-corrected chi connectivity index (χ1v) is 6.13. The van der Waals surface area contributed by atoms with E-state index in [4.69, 9.17) is 11.6 Å². The van der Waals surface area contributed by atoms with Crippen molar-refractivity contribution in [3.8, 4) is 0 Å². The number of unbranched alkanes of at least 4 members (excludes halogenated alkanes) is 2. The van der Waals surface area contributed by atoms with Crippen LogP contribution in [0.2, 0.25) is 0 Å². The molecular weight excluding hydrogens is 196 g/mol. The first-order valence-electron chi connectivity index (χ1n) is 5.70. The zero-order valence-corrected chi connectivity index (χ0v) is 9.56. The third kappa shape index (κ3) is 4.00. The second kappa shape index (κ2) is 6.44. The maximum Gasteiger partial charge on any atom is 0.135 e. The summed E-state index contributed by atoms with van der Waals surface area (Å²) in [7, 11) is 0. The van der Waals surface area contributed by atoms with Gasteiger partial charge in [-0.1, -0.05) is 19.8 Å². The van der Waals surface area contributed by atoms with E-state index >= 15 is 0 Å². The van der Waals surface area contributed by atoms with Gasteiger partial charge in [-0.05, 0) is 32.1 Å². The average molecular weight is 216 g/mol. The van der Waals surface area contributed by atoms with Crippen LogP contribution in [0.1, 0.15) is 51.4 Å². The van der Waals surface area contributed by atoms with E-state index < -0.39 is 0 Å². The van der Waals surface area contributed by atoms with Gasteiger partial charge in [-0.2, -0.15) is 0 Å². The molecule has 1 aliphatic carbocycles. The van der Waals surface area contributed by atoms with Crippen LogP contribution in [0, 0.1) is 12.8 Å². The van der Waals surface area contributed by atoms with Gasteiger partial charge < -0.3 is 0 Å². The molecule has 81 valence electrons. The lowest BCUT2D eigenvalue weighted by atomic mass is 9.84. The van der Waals surface area contributed by atoms with E-state index in [1.165, 1.54) is 0 Å². The predicted octanol–water partition coefficient (Wildman–Crippen LogP) is 3.75. The summed E-state index contributed by atoms with van der Waals surface area (Å²) in [6.07, 6.45) is 7.86. The zero-order valence-electron chi connectivity index (χ0n) is 8.80. The quantitative estimate of drug-likeness (QED) is 0.504. The van der Waals surface area contributed by atoms with E-state index in [1.54, 1.807) is 0 Å². The molecule has 1 saturated carbocycles. The Labute approximate surface area is 92.2 Å². The van der Waals surface area contributed by atoms with Gasteiger partial charge in [0.15, 0.2) is 0 Å². The molecule has 0 heterocycles. The molecule has 0 spiro atoms. The molecule has 0 aromatic rings. The molecule has 0 aliphatic heterocycles. The fraction of sp³-hybridized carbons (Fsp3) is 0.833. The van der Waals surface area contributed by atoms with E-state index in [2.05, 4.69) is 6.92 Å². The van der Waals surface area contributed by atoms with Gasteiger partial charge in [0, 0.05) is 17.7 Å². The highest BCUT2D eigenvalue weighted by atomic mass is 35.5. The van der Waals surface area contributed by atoms with Gasteiger partial charge >= 0.3 is 0 Å². The summed E-state index contributed by atoms with van der Waals surface area (Å²) in [4.78, 5) is 11.7. The van der Waals surface area contributed by atoms with Crippen LogP contribution in [0.15, 0.2) is 0 Å². The first kappa shape index (κ1) is 12.0. The van der Waals surface area contributed by atoms with Gasteiger partial charge in [0.1, 0.15) is 5.78 Å². The topological polar surface area (TPSA) is 17.1 Å². The molecule has 0 amide bonds. The lowest BCUT2D eigenvalue weighted by Crippen LogP contribution is -2.21. The molecular formula is C12H20ClO. The predicted molar refractivity (Wildman–Crippen MR) is 60.4 cm³/mol. The molecule has 1 nitrogen and oxygen atoms in total. The number of carbonyl (C=O) groups excluding carboxylic acids is 1. The standard InChI is InChI=1S/C12H20ClO/c1-2-3-4-5-12(14)10-6-8-11(13)9-7-10/h10-11H,1-9H2. The normalized spacial score (nSPS) is 27.6. The van der Waals surface area contributed by atoms with Crippen molar-refractivity contribution >= 4 is 17.4 Å². The van der Waals surface area contributed by atoms with Crippen molar-refractivity contribution in [2.75, 3.05) is 0 Å². The minimum absolute atomic E-state index is 0.315. The first-order chi connectivity index (χ1) is 6.74. The van der Waals surface area contributed by atoms with E-state index in [0.29, 0.717) is 17.1 Å². The van der Waals surface area contributed by atoms with Crippen LogP contribution < -0.4 is 0 Å². The largest absolute Gasteiger partial charge is 0.299 e. The SMILES string of the molecule is [CH2]CCCCC(=O)C1CCC(Cl)CC1. The summed E-state index contributed by atoms with van der Waals surface area (Å²) in [6, 6.07) is 0. The Morgan fingerprint density at radius 1 is 1.21 bits per heavy atom. The van der Waals surface area contributed by atoms with Crippen molar-refractivity contribution in [2.24, 2.45) is 5.92 Å². The van der Waals surface area contributed by atoms with E-state index in [0.717, 1.165) is 51.4 Å².